The fourth-order valence-electron chi connectivity index (χ4n) is 1.45. The van der Waals surface area contributed by atoms with E-state index in [9.17, 15) is 13.2 Å². The van der Waals surface area contributed by atoms with Crippen molar-refractivity contribution in [3.63, 3.8) is 0 Å². The third-order valence-electron chi connectivity index (χ3n) is 2.45. The number of sulfonamides is 1. The molecule has 0 saturated heterocycles. The van der Waals surface area contributed by atoms with E-state index in [1.165, 1.54) is 19.4 Å². The van der Waals surface area contributed by atoms with Crippen molar-refractivity contribution in [1.29, 1.82) is 0 Å². The molecule has 6 nitrogen and oxygen atoms in total. The van der Waals surface area contributed by atoms with Crippen LogP contribution in [0.15, 0.2) is 21.6 Å². The lowest BCUT2D eigenvalue weighted by Crippen LogP contribution is -2.41. The average Bonchev–Trinajstić information content (AvgIpc) is 2.37. The minimum absolute atomic E-state index is 0.149. The van der Waals surface area contributed by atoms with E-state index in [1.54, 1.807) is 13.8 Å². The molecule has 1 aromatic rings. The summed E-state index contributed by atoms with van der Waals surface area (Å²) in [6.45, 7) is 2.92. The molecule has 0 fully saturated rings. The van der Waals surface area contributed by atoms with Crippen LogP contribution in [0.4, 0.5) is 0 Å². The SMILES string of the molecule is COC(=O)CN(C(C)C)S(=O)(=O)c1cc(Br)cnc1Cl. The molecule has 0 radical (unpaired) electrons. The summed E-state index contributed by atoms with van der Waals surface area (Å²) in [5.74, 6) is -0.652. The molecule has 1 aromatic heterocycles. The van der Waals surface area contributed by atoms with E-state index in [2.05, 4.69) is 25.7 Å². The summed E-state index contributed by atoms with van der Waals surface area (Å²) in [6.07, 6.45) is 1.39. The fraction of sp³-hybridized carbons (Fsp3) is 0.455. The molecule has 9 heteroatoms. The summed E-state index contributed by atoms with van der Waals surface area (Å²) in [7, 11) is -2.76. The van der Waals surface area contributed by atoms with Crippen molar-refractivity contribution < 1.29 is 17.9 Å². The van der Waals surface area contributed by atoms with E-state index >= 15 is 0 Å². The second-order valence-corrected chi connectivity index (χ2v) is 7.30. The Balaban J connectivity index is 3.30. The molecule has 0 amide bonds. The molecule has 112 valence electrons. The number of methoxy groups -OCH3 is 1. The van der Waals surface area contributed by atoms with Crippen molar-refractivity contribution in [1.82, 2.24) is 9.29 Å². The molecule has 0 aliphatic rings. The lowest BCUT2D eigenvalue weighted by atomic mass is 10.4. The van der Waals surface area contributed by atoms with Gasteiger partial charge in [-0.25, -0.2) is 13.4 Å². The average molecular weight is 386 g/mol. The molecule has 0 unspecified atom stereocenters. The number of hydrogen-bond acceptors (Lipinski definition) is 5. The van der Waals surface area contributed by atoms with Gasteiger partial charge < -0.3 is 4.74 Å². The monoisotopic (exact) mass is 384 g/mol. The molecular formula is C11H14BrClN2O4S. The van der Waals surface area contributed by atoms with Gasteiger partial charge >= 0.3 is 5.97 Å². The summed E-state index contributed by atoms with van der Waals surface area (Å²) in [5.41, 5.74) is 0. The first-order valence-corrected chi connectivity index (χ1v) is 8.21. The van der Waals surface area contributed by atoms with E-state index in [0.717, 1.165) is 4.31 Å². The summed E-state index contributed by atoms with van der Waals surface area (Å²) >= 11 is 8.99. The maximum atomic E-state index is 12.6. The van der Waals surface area contributed by atoms with Gasteiger partial charge in [0.05, 0.1) is 7.11 Å². The Morgan fingerprint density at radius 3 is 2.65 bits per heavy atom. The van der Waals surface area contributed by atoms with Crippen LogP contribution in [-0.2, 0) is 19.6 Å². The number of rotatable bonds is 5. The van der Waals surface area contributed by atoms with E-state index in [4.69, 9.17) is 11.6 Å². The number of carbonyl (C=O) groups excluding carboxylic acids is 1. The van der Waals surface area contributed by atoms with Crippen LogP contribution in [0.3, 0.4) is 0 Å². The number of aromatic nitrogens is 1. The van der Waals surface area contributed by atoms with Gasteiger partial charge in [-0.2, -0.15) is 4.31 Å². The zero-order valence-corrected chi connectivity index (χ0v) is 14.3. The van der Waals surface area contributed by atoms with Gasteiger partial charge in [-0.1, -0.05) is 11.6 Å². The quantitative estimate of drug-likeness (QED) is 0.573. The van der Waals surface area contributed by atoms with Crippen LogP contribution >= 0.6 is 27.5 Å². The zero-order valence-electron chi connectivity index (χ0n) is 11.1. The van der Waals surface area contributed by atoms with Crippen molar-refractivity contribution >= 4 is 43.5 Å². The van der Waals surface area contributed by atoms with Gasteiger partial charge in [0.1, 0.15) is 16.6 Å². The van der Waals surface area contributed by atoms with E-state index in [1.807, 2.05) is 0 Å². The Morgan fingerprint density at radius 1 is 1.55 bits per heavy atom. The molecule has 0 saturated carbocycles. The number of carbonyl (C=O) groups is 1. The predicted molar refractivity (Wildman–Crippen MR) is 78.0 cm³/mol. The van der Waals surface area contributed by atoms with Crippen LogP contribution in [-0.4, -0.2) is 43.4 Å². The maximum Gasteiger partial charge on any atom is 0.321 e. The van der Waals surface area contributed by atoms with Crippen LogP contribution in [0.1, 0.15) is 13.8 Å². The minimum Gasteiger partial charge on any atom is -0.468 e. The van der Waals surface area contributed by atoms with Crippen LogP contribution in [0, 0.1) is 0 Å². The van der Waals surface area contributed by atoms with Crippen LogP contribution < -0.4 is 0 Å². The Bertz CT molecular complexity index is 606. The van der Waals surface area contributed by atoms with Crippen molar-refractivity contribution in [3.05, 3.63) is 21.9 Å². The van der Waals surface area contributed by atoms with E-state index < -0.39 is 22.0 Å². The van der Waals surface area contributed by atoms with Gasteiger partial charge in [0.25, 0.3) is 0 Å². The number of pyridine rings is 1. The smallest absolute Gasteiger partial charge is 0.321 e. The van der Waals surface area contributed by atoms with Gasteiger partial charge in [0.15, 0.2) is 0 Å². The predicted octanol–water partition coefficient (Wildman–Crippen LogP) is 2.07. The van der Waals surface area contributed by atoms with Crippen LogP contribution in [0.2, 0.25) is 5.15 Å². The Morgan fingerprint density at radius 2 is 2.15 bits per heavy atom. The normalized spacial score (nSPS) is 11.9. The fourth-order valence-corrected chi connectivity index (χ4v) is 3.95. The molecule has 0 N–H and O–H groups in total. The lowest BCUT2D eigenvalue weighted by molar-refractivity contribution is -0.141. The summed E-state index contributed by atoms with van der Waals surface area (Å²) < 4.78 is 31.1. The van der Waals surface area contributed by atoms with Crippen LogP contribution in [0.25, 0.3) is 0 Å². The summed E-state index contributed by atoms with van der Waals surface area (Å²) in [6, 6.07) is 0.909. The molecule has 0 bridgehead atoms. The Hall–Kier alpha value is -0.700. The highest BCUT2D eigenvalue weighted by Crippen LogP contribution is 2.26. The van der Waals surface area contributed by atoms with Gasteiger partial charge in [-0.3, -0.25) is 4.79 Å². The number of ether oxygens (including phenoxy) is 1. The molecule has 1 heterocycles. The first-order valence-electron chi connectivity index (χ1n) is 5.60. The van der Waals surface area contributed by atoms with Crippen molar-refractivity contribution in [2.24, 2.45) is 0 Å². The van der Waals surface area contributed by atoms with Crippen molar-refractivity contribution in [2.45, 2.75) is 24.8 Å². The van der Waals surface area contributed by atoms with Crippen molar-refractivity contribution in [2.75, 3.05) is 13.7 Å². The van der Waals surface area contributed by atoms with Crippen molar-refractivity contribution in [3.8, 4) is 0 Å². The molecule has 1 rings (SSSR count). The largest absolute Gasteiger partial charge is 0.468 e. The maximum absolute atomic E-state index is 12.6. The third-order valence-corrected chi connectivity index (χ3v) is 5.33. The highest BCUT2D eigenvalue weighted by atomic mass is 79.9. The summed E-state index contributed by atoms with van der Waals surface area (Å²) in [5, 5.41) is -0.149. The number of halogens is 2. The second kappa shape index (κ2) is 6.84. The zero-order chi connectivity index (χ0) is 15.5. The minimum atomic E-state index is -3.95. The first kappa shape index (κ1) is 17.4. The van der Waals surface area contributed by atoms with Crippen LogP contribution in [0.5, 0.6) is 0 Å². The number of esters is 1. The molecule has 0 aromatic carbocycles. The molecule has 0 atom stereocenters. The summed E-state index contributed by atoms with van der Waals surface area (Å²) in [4.78, 5) is 15.0. The number of nitrogens with zero attached hydrogens (tertiary/aromatic N) is 2. The van der Waals surface area contributed by atoms with Gasteiger partial charge in [0.2, 0.25) is 10.0 Å². The molecule has 20 heavy (non-hydrogen) atoms. The highest BCUT2D eigenvalue weighted by Gasteiger charge is 2.31. The molecule has 0 aliphatic heterocycles. The van der Waals surface area contributed by atoms with E-state index in [0.29, 0.717) is 4.47 Å². The Labute approximate surface area is 131 Å². The standard InChI is InChI=1S/C11H14BrClN2O4S/c1-7(2)15(6-10(16)19-3)20(17,18)9-4-8(12)5-14-11(9)13/h4-5,7H,6H2,1-3H3. The number of hydrogen-bond donors (Lipinski definition) is 0. The van der Waals surface area contributed by atoms with Gasteiger partial charge in [0, 0.05) is 16.7 Å². The third kappa shape index (κ3) is 3.91. The first-order chi connectivity index (χ1) is 9.20. The van der Waals surface area contributed by atoms with E-state index in [-0.39, 0.29) is 16.6 Å². The molecule has 0 spiro atoms. The highest BCUT2D eigenvalue weighted by molar-refractivity contribution is 9.10. The van der Waals surface area contributed by atoms with Gasteiger partial charge in [-0.15, -0.1) is 0 Å². The van der Waals surface area contributed by atoms with Gasteiger partial charge in [-0.05, 0) is 35.8 Å². The topological polar surface area (TPSA) is 76.6 Å². The lowest BCUT2D eigenvalue weighted by Gasteiger charge is -2.24. The second-order valence-electron chi connectivity index (χ2n) is 4.16. The molecular weight excluding hydrogens is 372 g/mol. The Kier molecular flexibility index (Phi) is 5.93. The molecule has 0 aliphatic carbocycles.